The minimum absolute atomic E-state index is 0.0484. The summed E-state index contributed by atoms with van der Waals surface area (Å²) in [5.74, 6) is -0.153. The van der Waals surface area contributed by atoms with Gasteiger partial charge in [0.1, 0.15) is 11.4 Å². The van der Waals surface area contributed by atoms with Crippen LogP contribution < -0.4 is 4.52 Å². The predicted octanol–water partition coefficient (Wildman–Crippen LogP) is 9.35. The Morgan fingerprint density at radius 2 is 1.39 bits per heavy atom. The molecular formula is C38H60NO11P. The van der Waals surface area contributed by atoms with Crippen LogP contribution in [0.15, 0.2) is 48.5 Å². The van der Waals surface area contributed by atoms with Crippen LogP contribution in [0.4, 0.5) is 4.79 Å². The van der Waals surface area contributed by atoms with Crippen molar-refractivity contribution in [3.05, 3.63) is 65.2 Å². The van der Waals surface area contributed by atoms with Crippen LogP contribution in [0, 0.1) is 0 Å². The van der Waals surface area contributed by atoms with Crippen molar-refractivity contribution in [1.82, 2.24) is 4.90 Å². The number of aliphatic hydroxyl groups is 1. The molecule has 0 aromatic heterocycles. The first-order valence-electron chi connectivity index (χ1n) is 17.7. The molecule has 0 saturated heterocycles. The number of aliphatic hydroxyl groups excluding tert-OH is 1. The number of ether oxygens (including phenoxy) is 2. The molecule has 1 N–H and O–H groups in total. The van der Waals surface area contributed by atoms with E-state index in [9.17, 15) is 19.3 Å². The molecule has 2 aromatic carbocycles. The van der Waals surface area contributed by atoms with Crippen LogP contribution >= 0.6 is 7.82 Å². The van der Waals surface area contributed by atoms with E-state index in [4.69, 9.17) is 33.1 Å². The Hall–Kier alpha value is -2.83. The van der Waals surface area contributed by atoms with E-state index in [-0.39, 0.29) is 17.9 Å². The summed E-state index contributed by atoms with van der Waals surface area (Å²) in [7, 11) is -4.55. The van der Waals surface area contributed by atoms with E-state index in [2.05, 4.69) is 24.3 Å². The maximum atomic E-state index is 13.4. The van der Waals surface area contributed by atoms with Crippen LogP contribution in [0.1, 0.15) is 128 Å². The first kappa shape index (κ1) is 44.3. The SMILES string of the molecule is CC(C)(C)OOP(=O)(OOC(C)(C)C)Oc1ccc([C@@H](O)CN(CCCCCCOCCCCc2ccccc2)C(=O)OC(C)(C)C)cc1C=O. The number of nitrogens with zero attached hydrogens (tertiary/aromatic N) is 1. The highest BCUT2D eigenvalue weighted by Gasteiger charge is 2.37. The molecule has 0 bridgehead atoms. The Bertz CT molecular complexity index is 1340. The molecule has 0 unspecified atom stereocenters. The molecule has 51 heavy (non-hydrogen) atoms. The predicted molar refractivity (Wildman–Crippen MR) is 195 cm³/mol. The average molecular weight is 738 g/mol. The Labute approximate surface area is 304 Å². The summed E-state index contributed by atoms with van der Waals surface area (Å²) >= 11 is 0. The lowest BCUT2D eigenvalue weighted by molar-refractivity contribution is -0.334. The van der Waals surface area contributed by atoms with Gasteiger partial charge in [0.2, 0.25) is 0 Å². The molecule has 0 fully saturated rings. The van der Waals surface area contributed by atoms with E-state index in [0.717, 1.165) is 45.1 Å². The molecule has 0 saturated carbocycles. The van der Waals surface area contributed by atoms with E-state index in [1.54, 1.807) is 62.3 Å². The van der Waals surface area contributed by atoms with E-state index >= 15 is 0 Å². The number of carbonyl (C=O) groups is 2. The second-order valence-corrected chi connectivity index (χ2v) is 16.8. The average Bonchev–Trinajstić information content (AvgIpc) is 3.04. The summed E-state index contributed by atoms with van der Waals surface area (Å²) in [5.41, 5.74) is -0.849. The number of hydrogen-bond acceptors (Lipinski definition) is 11. The fourth-order valence-electron chi connectivity index (χ4n) is 4.47. The molecule has 1 atom stereocenters. The molecule has 13 heteroatoms. The van der Waals surface area contributed by atoms with Gasteiger partial charge in [0.05, 0.1) is 29.4 Å². The first-order chi connectivity index (χ1) is 23.8. The number of rotatable bonds is 22. The Balaban J connectivity index is 1.97. The van der Waals surface area contributed by atoms with Crippen molar-refractivity contribution in [2.24, 2.45) is 0 Å². The van der Waals surface area contributed by atoms with Crippen molar-refractivity contribution in [3.8, 4) is 5.75 Å². The molecule has 0 aliphatic carbocycles. The third kappa shape index (κ3) is 19.5. The number of aldehydes is 1. The molecular weight excluding hydrogens is 677 g/mol. The number of benzene rings is 2. The topological polar surface area (TPSA) is 139 Å². The number of hydrogen-bond donors (Lipinski definition) is 1. The van der Waals surface area contributed by atoms with Gasteiger partial charge in [-0.25, -0.2) is 19.1 Å². The maximum absolute atomic E-state index is 13.4. The summed E-state index contributed by atoms with van der Waals surface area (Å²) in [5, 5.41) is 11.2. The van der Waals surface area contributed by atoms with E-state index in [1.165, 1.54) is 28.7 Å². The molecule has 0 radical (unpaired) electrons. The van der Waals surface area contributed by atoms with Gasteiger partial charge < -0.3 is 24.0 Å². The number of phosphoric acid groups is 1. The minimum atomic E-state index is -4.55. The standard InChI is InChI=1S/C38H60NO11P/c1-36(2,3)45-35(42)39(24-16-10-11-17-25-44-26-18-15-21-30-19-13-12-14-20-30)28-33(41)31-22-23-34(32(27-31)29-40)46-51(43,49-47-37(4,5)6)50-48-38(7,8)9/h12-14,19-20,22-23,27,29,33,41H,10-11,15-18,21,24-26,28H2,1-9H3/t33-/m0/s1. The van der Waals surface area contributed by atoms with E-state index in [0.29, 0.717) is 31.4 Å². The van der Waals surface area contributed by atoms with Crippen molar-refractivity contribution in [1.29, 1.82) is 0 Å². The van der Waals surface area contributed by atoms with E-state index in [1.807, 2.05) is 6.07 Å². The Morgan fingerprint density at radius 3 is 1.96 bits per heavy atom. The van der Waals surface area contributed by atoms with Crippen molar-refractivity contribution < 1.29 is 52.4 Å². The van der Waals surface area contributed by atoms with Gasteiger partial charge in [-0.1, -0.05) is 49.2 Å². The number of carbonyl (C=O) groups excluding carboxylic acids is 2. The summed E-state index contributed by atoms with van der Waals surface area (Å²) in [6.07, 6.45) is 5.37. The summed E-state index contributed by atoms with van der Waals surface area (Å²) in [6.45, 7) is 17.1. The molecule has 12 nitrogen and oxygen atoms in total. The third-order valence-corrected chi connectivity index (χ3v) is 7.81. The Kier molecular flexibility index (Phi) is 18.3. The van der Waals surface area contributed by atoms with Gasteiger partial charge in [0.15, 0.2) is 6.29 Å². The van der Waals surface area contributed by atoms with Crippen LogP contribution in [0.3, 0.4) is 0 Å². The molecule has 288 valence electrons. The van der Waals surface area contributed by atoms with Crippen molar-refractivity contribution in [2.75, 3.05) is 26.3 Å². The van der Waals surface area contributed by atoms with Crippen molar-refractivity contribution in [2.45, 2.75) is 130 Å². The quantitative estimate of drug-likeness (QED) is 0.0407. The lowest BCUT2D eigenvalue weighted by Gasteiger charge is -2.29. The molecule has 0 heterocycles. The van der Waals surface area contributed by atoms with Crippen LogP contribution in [0.25, 0.3) is 0 Å². The number of aryl methyl sites for hydroxylation is 1. The van der Waals surface area contributed by atoms with Gasteiger partial charge in [-0.2, -0.15) is 0 Å². The third-order valence-electron chi connectivity index (χ3n) is 6.87. The zero-order valence-corrected chi connectivity index (χ0v) is 32.9. The first-order valence-corrected chi connectivity index (χ1v) is 19.2. The molecule has 2 aromatic rings. The van der Waals surface area contributed by atoms with Crippen LogP contribution in [-0.4, -0.2) is 65.5 Å². The van der Waals surface area contributed by atoms with Crippen molar-refractivity contribution in [3.63, 3.8) is 0 Å². The van der Waals surface area contributed by atoms with E-state index < -0.39 is 36.8 Å². The molecule has 2 rings (SSSR count). The van der Waals surface area contributed by atoms with Crippen LogP contribution in [-0.2, 0) is 39.6 Å². The van der Waals surface area contributed by atoms with Gasteiger partial charge in [-0.05, 0) is 118 Å². The zero-order valence-electron chi connectivity index (χ0n) is 32.0. The van der Waals surface area contributed by atoms with Crippen LogP contribution in [0.5, 0.6) is 5.75 Å². The summed E-state index contributed by atoms with van der Waals surface area (Å²) < 4.78 is 40.5. The van der Waals surface area contributed by atoms with Gasteiger partial charge >= 0.3 is 13.9 Å². The lowest BCUT2D eigenvalue weighted by atomic mass is 10.0. The normalized spacial score (nSPS) is 13.1. The molecule has 1 amide bonds. The highest BCUT2D eigenvalue weighted by atomic mass is 31.2. The van der Waals surface area contributed by atoms with Gasteiger partial charge in [-0.15, -0.1) is 9.35 Å². The maximum Gasteiger partial charge on any atom is 0.585 e. The second-order valence-electron chi connectivity index (χ2n) is 15.4. The highest BCUT2D eigenvalue weighted by molar-refractivity contribution is 7.48. The second kappa shape index (κ2) is 21.0. The number of unbranched alkanes of at least 4 members (excludes halogenated alkanes) is 4. The van der Waals surface area contributed by atoms with Crippen LogP contribution in [0.2, 0.25) is 0 Å². The number of amides is 1. The van der Waals surface area contributed by atoms with Gasteiger partial charge in [0, 0.05) is 19.8 Å². The monoisotopic (exact) mass is 737 g/mol. The summed E-state index contributed by atoms with van der Waals surface area (Å²) in [6, 6.07) is 14.7. The van der Waals surface area contributed by atoms with Gasteiger partial charge in [-0.3, -0.25) is 4.79 Å². The van der Waals surface area contributed by atoms with Crippen molar-refractivity contribution >= 4 is 20.2 Å². The highest BCUT2D eigenvalue weighted by Crippen LogP contribution is 2.52. The fraction of sp³-hybridized carbons (Fsp3) is 0.632. The summed E-state index contributed by atoms with van der Waals surface area (Å²) in [4.78, 5) is 37.0. The fourth-order valence-corrected chi connectivity index (χ4v) is 5.59. The zero-order chi connectivity index (χ0) is 38.1. The minimum Gasteiger partial charge on any atom is -0.444 e. The molecule has 0 aliphatic heterocycles. The molecule has 0 spiro atoms. The van der Waals surface area contributed by atoms with Gasteiger partial charge in [0.25, 0.3) is 0 Å². The molecule has 0 aliphatic rings. The Morgan fingerprint density at radius 1 is 0.804 bits per heavy atom. The smallest absolute Gasteiger partial charge is 0.444 e. The largest absolute Gasteiger partial charge is 0.585 e. The lowest BCUT2D eigenvalue weighted by Crippen LogP contribution is -2.39.